The number of benzene rings is 1. The van der Waals surface area contributed by atoms with E-state index < -0.39 is 0 Å². The van der Waals surface area contributed by atoms with Crippen LogP contribution in [-0.4, -0.2) is 10.8 Å². The van der Waals surface area contributed by atoms with Crippen molar-refractivity contribution in [3.05, 3.63) is 36.0 Å². The summed E-state index contributed by atoms with van der Waals surface area (Å²) in [4.78, 5) is 15.6. The predicted molar refractivity (Wildman–Crippen MR) is 69.2 cm³/mol. The van der Waals surface area contributed by atoms with Gasteiger partial charge >= 0.3 is 0 Å². The molecular formula is C15H17NO. The maximum Gasteiger partial charge on any atom is 0.168 e. The lowest BCUT2D eigenvalue weighted by atomic mass is 9.84. The lowest BCUT2D eigenvalue weighted by Crippen LogP contribution is -2.17. The van der Waals surface area contributed by atoms with E-state index in [9.17, 15) is 4.79 Å². The summed E-state index contributed by atoms with van der Waals surface area (Å²) in [5, 5.41) is 1.07. The summed E-state index contributed by atoms with van der Waals surface area (Å²) < 4.78 is 0. The molecule has 0 bridgehead atoms. The van der Waals surface area contributed by atoms with E-state index in [1.807, 2.05) is 30.5 Å². The Morgan fingerprint density at radius 2 is 1.88 bits per heavy atom. The largest absolute Gasteiger partial charge is 0.360 e. The minimum atomic E-state index is 0.253. The van der Waals surface area contributed by atoms with Crippen LogP contribution in [0.5, 0.6) is 0 Å². The normalized spacial score (nSPS) is 17.4. The van der Waals surface area contributed by atoms with Crippen LogP contribution in [0.4, 0.5) is 0 Å². The first-order chi connectivity index (χ1) is 8.36. The lowest BCUT2D eigenvalue weighted by molar-refractivity contribution is 0.0891. The van der Waals surface area contributed by atoms with Gasteiger partial charge in [-0.3, -0.25) is 4.79 Å². The Hall–Kier alpha value is -1.57. The molecule has 0 amide bonds. The zero-order valence-corrected chi connectivity index (χ0v) is 9.91. The fourth-order valence-corrected chi connectivity index (χ4v) is 2.86. The van der Waals surface area contributed by atoms with E-state index in [0.717, 1.165) is 29.3 Å². The molecular weight excluding hydrogens is 210 g/mol. The summed E-state index contributed by atoms with van der Waals surface area (Å²) >= 11 is 0. The van der Waals surface area contributed by atoms with Crippen LogP contribution in [0.2, 0.25) is 0 Å². The van der Waals surface area contributed by atoms with Gasteiger partial charge in [-0.25, -0.2) is 0 Å². The molecule has 0 atom stereocenters. The molecule has 3 rings (SSSR count). The maximum atomic E-state index is 12.5. The van der Waals surface area contributed by atoms with Gasteiger partial charge in [0.05, 0.1) is 0 Å². The van der Waals surface area contributed by atoms with Crippen LogP contribution in [0.15, 0.2) is 30.5 Å². The van der Waals surface area contributed by atoms with E-state index in [1.165, 1.54) is 19.3 Å². The number of ketones is 1. The van der Waals surface area contributed by atoms with Crippen LogP contribution in [0.1, 0.15) is 42.5 Å². The Morgan fingerprint density at radius 1 is 1.12 bits per heavy atom. The van der Waals surface area contributed by atoms with Gasteiger partial charge in [0, 0.05) is 28.6 Å². The van der Waals surface area contributed by atoms with E-state index in [1.54, 1.807) is 0 Å². The highest BCUT2D eigenvalue weighted by molar-refractivity contribution is 6.08. The molecule has 2 nitrogen and oxygen atoms in total. The first kappa shape index (κ1) is 10.6. The minimum Gasteiger partial charge on any atom is -0.360 e. The molecule has 0 spiro atoms. The van der Waals surface area contributed by atoms with Crippen molar-refractivity contribution in [1.29, 1.82) is 0 Å². The van der Waals surface area contributed by atoms with Gasteiger partial charge in [-0.1, -0.05) is 37.5 Å². The molecule has 1 heterocycles. The molecule has 0 aliphatic heterocycles. The van der Waals surface area contributed by atoms with Gasteiger partial charge in [0.25, 0.3) is 0 Å². The highest BCUT2D eigenvalue weighted by atomic mass is 16.1. The number of hydrogen-bond donors (Lipinski definition) is 1. The highest BCUT2D eigenvalue weighted by Gasteiger charge is 2.24. The van der Waals surface area contributed by atoms with Gasteiger partial charge in [0.1, 0.15) is 0 Å². The summed E-state index contributed by atoms with van der Waals surface area (Å²) in [6.45, 7) is 0. The van der Waals surface area contributed by atoms with Crippen molar-refractivity contribution in [2.75, 3.05) is 0 Å². The fraction of sp³-hybridized carbons (Fsp3) is 0.400. The van der Waals surface area contributed by atoms with Gasteiger partial charge in [0.2, 0.25) is 0 Å². The third kappa shape index (κ3) is 1.88. The topological polar surface area (TPSA) is 32.9 Å². The Balaban J connectivity index is 1.95. The van der Waals surface area contributed by atoms with Crippen molar-refractivity contribution in [2.24, 2.45) is 5.92 Å². The maximum absolute atomic E-state index is 12.5. The first-order valence-electron chi connectivity index (χ1n) is 6.46. The second-order valence-electron chi connectivity index (χ2n) is 4.95. The third-order valence-corrected chi connectivity index (χ3v) is 3.83. The van der Waals surface area contributed by atoms with Crippen LogP contribution in [0, 0.1) is 5.92 Å². The zero-order chi connectivity index (χ0) is 11.7. The van der Waals surface area contributed by atoms with Crippen molar-refractivity contribution in [3.8, 4) is 0 Å². The number of carbonyl (C=O) groups excluding carboxylic acids is 1. The van der Waals surface area contributed by atoms with Gasteiger partial charge in [-0.2, -0.15) is 0 Å². The minimum absolute atomic E-state index is 0.253. The Bertz CT molecular complexity index is 535. The monoisotopic (exact) mass is 227 g/mol. The molecule has 17 heavy (non-hydrogen) atoms. The average molecular weight is 227 g/mol. The van der Waals surface area contributed by atoms with Crippen molar-refractivity contribution < 1.29 is 4.79 Å². The van der Waals surface area contributed by atoms with E-state index in [-0.39, 0.29) is 5.92 Å². The van der Waals surface area contributed by atoms with E-state index in [4.69, 9.17) is 0 Å². The summed E-state index contributed by atoms with van der Waals surface area (Å²) in [5.41, 5.74) is 1.94. The van der Waals surface area contributed by atoms with Crippen LogP contribution < -0.4 is 0 Å². The summed E-state index contributed by atoms with van der Waals surface area (Å²) in [6.07, 6.45) is 7.72. The van der Waals surface area contributed by atoms with Crippen molar-refractivity contribution in [2.45, 2.75) is 32.1 Å². The predicted octanol–water partition coefficient (Wildman–Crippen LogP) is 3.93. The van der Waals surface area contributed by atoms with Gasteiger partial charge in [-0.05, 0) is 18.9 Å². The van der Waals surface area contributed by atoms with E-state index in [2.05, 4.69) is 4.98 Å². The van der Waals surface area contributed by atoms with Crippen LogP contribution in [0.25, 0.3) is 10.9 Å². The molecule has 1 aliphatic carbocycles. The standard InChI is InChI=1S/C15H17NO/c17-15(11-6-2-1-3-7-11)13-10-16-14-9-5-4-8-12(13)14/h4-5,8-11,16H,1-3,6-7H2. The molecule has 2 aromatic rings. The number of carbonyl (C=O) groups is 1. The van der Waals surface area contributed by atoms with Crippen LogP contribution in [-0.2, 0) is 0 Å². The number of nitrogens with one attached hydrogen (secondary N) is 1. The van der Waals surface area contributed by atoms with Gasteiger partial charge in [0.15, 0.2) is 5.78 Å². The highest BCUT2D eigenvalue weighted by Crippen LogP contribution is 2.29. The number of rotatable bonds is 2. The number of aromatic nitrogens is 1. The molecule has 1 aromatic carbocycles. The molecule has 2 heteroatoms. The number of aromatic amines is 1. The second kappa shape index (κ2) is 4.36. The smallest absolute Gasteiger partial charge is 0.168 e. The number of H-pyrrole nitrogens is 1. The number of Topliss-reactive ketones (excluding diaryl/α,β-unsaturated/α-hetero) is 1. The van der Waals surface area contributed by atoms with Crippen LogP contribution in [0.3, 0.4) is 0 Å². The van der Waals surface area contributed by atoms with Crippen LogP contribution >= 0.6 is 0 Å². The Labute approximate surface area is 101 Å². The summed E-state index contributed by atoms with van der Waals surface area (Å²) in [5.74, 6) is 0.588. The van der Waals surface area contributed by atoms with Crippen molar-refractivity contribution >= 4 is 16.7 Å². The zero-order valence-electron chi connectivity index (χ0n) is 9.91. The number of fused-ring (bicyclic) bond motifs is 1. The molecule has 0 saturated heterocycles. The second-order valence-corrected chi connectivity index (χ2v) is 4.95. The van der Waals surface area contributed by atoms with Crippen molar-refractivity contribution in [3.63, 3.8) is 0 Å². The summed E-state index contributed by atoms with van der Waals surface area (Å²) in [6, 6.07) is 8.04. The quantitative estimate of drug-likeness (QED) is 0.775. The molecule has 1 fully saturated rings. The Kier molecular flexibility index (Phi) is 2.71. The molecule has 1 N–H and O–H groups in total. The number of hydrogen-bond acceptors (Lipinski definition) is 1. The van der Waals surface area contributed by atoms with Gasteiger partial charge < -0.3 is 4.98 Å². The fourth-order valence-electron chi connectivity index (χ4n) is 2.86. The third-order valence-electron chi connectivity index (χ3n) is 3.83. The lowest BCUT2D eigenvalue weighted by Gasteiger charge is -2.19. The van der Waals surface area contributed by atoms with Gasteiger partial charge in [-0.15, -0.1) is 0 Å². The average Bonchev–Trinajstić information content (AvgIpc) is 2.83. The first-order valence-corrected chi connectivity index (χ1v) is 6.46. The SMILES string of the molecule is O=C(c1c[nH]c2ccccc12)C1CCCCC1. The summed E-state index contributed by atoms with van der Waals surface area (Å²) in [7, 11) is 0. The molecule has 0 radical (unpaired) electrons. The number of para-hydroxylation sites is 1. The molecule has 0 unspecified atom stereocenters. The molecule has 88 valence electrons. The molecule has 1 aliphatic rings. The van der Waals surface area contributed by atoms with E-state index >= 15 is 0 Å². The van der Waals surface area contributed by atoms with Crippen molar-refractivity contribution in [1.82, 2.24) is 4.98 Å². The van der Waals surface area contributed by atoms with E-state index in [0.29, 0.717) is 5.78 Å². The molecule has 1 saturated carbocycles. The Morgan fingerprint density at radius 3 is 2.71 bits per heavy atom. The molecule has 1 aromatic heterocycles.